The molecule has 1 atom stereocenters. The van der Waals surface area contributed by atoms with Gasteiger partial charge in [0.05, 0.1) is 40.9 Å². The summed E-state index contributed by atoms with van der Waals surface area (Å²) in [4.78, 5) is 27.2. The number of benzene rings is 2. The number of amides is 1. The molecule has 0 spiro atoms. The van der Waals surface area contributed by atoms with Gasteiger partial charge in [-0.15, -0.1) is 0 Å². The average molecular weight is 443 g/mol. The quantitative estimate of drug-likeness (QED) is 0.597. The zero-order chi connectivity index (χ0) is 23.1. The molecule has 0 unspecified atom stereocenters. The molecule has 3 rings (SSSR count). The van der Waals surface area contributed by atoms with E-state index in [4.69, 9.17) is 18.9 Å². The van der Waals surface area contributed by atoms with Gasteiger partial charge in [-0.3, -0.25) is 14.5 Å². The Bertz CT molecular complexity index is 962. The standard InChI is InChI=1S/C24H30N2O6/c1-5-32-24(28)14-20-19-13-22(31-4)21(30-3)11-16(19)9-10-26(20)15-23(27)25-17-7-6-8-18(12-17)29-2/h6-8,11-13,20H,5,9-10,14-15H2,1-4H3,(H,25,27)/t20-/m1/s1. The van der Waals surface area contributed by atoms with E-state index in [1.807, 2.05) is 29.2 Å². The number of methoxy groups -OCH3 is 3. The fourth-order valence-electron chi connectivity index (χ4n) is 3.97. The monoisotopic (exact) mass is 442 g/mol. The van der Waals surface area contributed by atoms with E-state index in [-0.39, 0.29) is 30.9 Å². The predicted molar refractivity (Wildman–Crippen MR) is 120 cm³/mol. The molecule has 0 saturated carbocycles. The van der Waals surface area contributed by atoms with Crippen molar-refractivity contribution in [3.05, 3.63) is 47.5 Å². The minimum absolute atomic E-state index is 0.134. The second-order valence-corrected chi connectivity index (χ2v) is 7.43. The molecule has 1 heterocycles. The third-order valence-electron chi connectivity index (χ3n) is 5.48. The largest absolute Gasteiger partial charge is 0.497 e. The molecule has 0 saturated heterocycles. The maximum atomic E-state index is 12.8. The first-order valence-electron chi connectivity index (χ1n) is 10.6. The number of carbonyl (C=O) groups is 2. The molecule has 2 aromatic rings. The van der Waals surface area contributed by atoms with Crippen LogP contribution in [0.15, 0.2) is 36.4 Å². The molecule has 8 nitrogen and oxygen atoms in total. The van der Waals surface area contributed by atoms with Crippen molar-refractivity contribution in [1.29, 1.82) is 0 Å². The van der Waals surface area contributed by atoms with Gasteiger partial charge in [0, 0.05) is 24.3 Å². The number of rotatable bonds is 9. The van der Waals surface area contributed by atoms with Crippen LogP contribution in [0.1, 0.15) is 30.5 Å². The predicted octanol–water partition coefficient (Wildman–Crippen LogP) is 3.20. The van der Waals surface area contributed by atoms with Crippen molar-refractivity contribution in [2.75, 3.05) is 46.3 Å². The molecule has 1 aliphatic rings. The van der Waals surface area contributed by atoms with Crippen LogP contribution in [0.3, 0.4) is 0 Å². The van der Waals surface area contributed by atoms with Crippen molar-refractivity contribution in [3.8, 4) is 17.2 Å². The molecular formula is C24H30N2O6. The Balaban J connectivity index is 1.84. The van der Waals surface area contributed by atoms with E-state index in [0.717, 1.165) is 17.5 Å². The lowest BCUT2D eigenvalue weighted by Gasteiger charge is -2.37. The summed E-state index contributed by atoms with van der Waals surface area (Å²) in [7, 11) is 4.75. The maximum absolute atomic E-state index is 12.8. The van der Waals surface area contributed by atoms with Gasteiger partial charge in [-0.1, -0.05) is 6.07 Å². The minimum Gasteiger partial charge on any atom is -0.497 e. The number of fused-ring (bicyclic) bond motifs is 1. The number of hydrogen-bond donors (Lipinski definition) is 1. The molecule has 8 heteroatoms. The third-order valence-corrected chi connectivity index (χ3v) is 5.48. The Morgan fingerprint density at radius 2 is 1.81 bits per heavy atom. The Morgan fingerprint density at radius 1 is 1.06 bits per heavy atom. The van der Waals surface area contributed by atoms with Gasteiger partial charge in [-0.2, -0.15) is 0 Å². The van der Waals surface area contributed by atoms with Crippen molar-refractivity contribution in [3.63, 3.8) is 0 Å². The van der Waals surface area contributed by atoms with Gasteiger partial charge in [0.25, 0.3) is 0 Å². The Morgan fingerprint density at radius 3 is 2.50 bits per heavy atom. The highest BCUT2D eigenvalue weighted by Gasteiger charge is 2.32. The van der Waals surface area contributed by atoms with Gasteiger partial charge < -0.3 is 24.3 Å². The van der Waals surface area contributed by atoms with E-state index in [1.165, 1.54) is 0 Å². The maximum Gasteiger partial charge on any atom is 0.307 e. The second-order valence-electron chi connectivity index (χ2n) is 7.43. The molecule has 32 heavy (non-hydrogen) atoms. The van der Waals surface area contributed by atoms with Crippen molar-refractivity contribution in [1.82, 2.24) is 4.90 Å². The Labute approximate surface area is 188 Å². The molecule has 0 radical (unpaired) electrons. The molecule has 0 bridgehead atoms. The van der Waals surface area contributed by atoms with Crippen LogP contribution in [0.5, 0.6) is 17.2 Å². The highest BCUT2D eigenvalue weighted by molar-refractivity contribution is 5.92. The normalized spacial score (nSPS) is 15.4. The van der Waals surface area contributed by atoms with E-state index >= 15 is 0 Å². The highest BCUT2D eigenvalue weighted by atomic mass is 16.5. The zero-order valence-electron chi connectivity index (χ0n) is 19.0. The molecule has 1 N–H and O–H groups in total. The number of hydrogen-bond acceptors (Lipinski definition) is 7. The van der Waals surface area contributed by atoms with Gasteiger partial charge in [0.1, 0.15) is 5.75 Å². The molecule has 0 aliphatic carbocycles. The molecule has 2 aromatic carbocycles. The van der Waals surface area contributed by atoms with Gasteiger partial charge in [-0.25, -0.2) is 0 Å². The summed E-state index contributed by atoms with van der Waals surface area (Å²) < 4.78 is 21.3. The summed E-state index contributed by atoms with van der Waals surface area (Å²) in [5, 5.41) is 2.91. The molecule has 172 valence electrons. The number of nitrogens with zero attached hydrogens (tertiary/aromatic N) is 1. The van der Waals surface area contributed by atoms with Crippen LogP contribution in [0, 0.1) is 0 Å². The second kappa shape index (κ2) is 10.9. The summed E-state index contributed by atoms with van der Waals surface area (Å²) in [5.41, 5.74) is 2.66. The fraction of sp³-hybridized carbons (Fsp3) is 0.417. The number of nitrogens with one attached hydrogen (secondary N) is 1. The average Bonchev–Trinajstić information content (AvgIpc) is 2.79. The topological polar surface area (TPSA) is 86.3 Å². The fourth-order valence-corrected chi connectivity index (χ4v) is 3.97. The first-order valence-corrected chi connectivity index (χ1v) is 10.6. The Kier molecular flexibility index (Phi) is 7.94. The van der Waals surface area contributed by atoms with E-state index in [2.05, 4.69) is 5.32 Å². The van der Waals surface area contributed by atoms with Crippen LogP contribution < -0.4 is 19.5 Å². The van der Waals surface area contributed by atoms with Gasteiger partial charge in [0.2, 0.25) is 5.91 Å². The first-order chi connectivity index (χ1) is 15.5. The molecule has 0 fully saturated rings. The van der Waals surface area contributed by atoms with E-state index in [0.29, 0.717) is 36.1 Å². The minimum atomic E-state index is -0.311. The van der Waals surface area contributed by atoms with E-state index in [1.54, 1.807) is 40.4 Å². The number of esters is 1. The first kappa shape index (κ1) is 23.4. The summed E-state index contributed by atoms with van der Waals surface area (Å²) >= 11 is 0. The van der Waals surface area contributed by atoms with E-state index in [9.17, 15) is 9.59 Å². The number of carbonyl (C=O) groups excluding carboxylic acids is 2. The lowest BCUT2D eigenvalue weighted by molar-refractivity contribution is -0.145. The van der Waals surface area contributed by atoms with Crippen LogP contribution in [-0.2, 0) is 20.7 Å². The van der Waals surface area contributed by atoms with E-state index < -0.39 is 0 Å². The summed E-state index contributed by atoms with van der Waals surface area (Å²) in [6, 6.07) is 10.7. The molecular weight excluding hydrogens is 412 g/mol. The molecule has 1 amide bonds. The molecule has 0 aromatic heterocycles. The van der Waals surface area contributed by atoms with Crippen molar-refractivity contribution < 1.29 is 28.5 Å². The van der Waals surface area contributed by atoms with Crippen molar-refractivity contribution >= 4 is 17.6 Å². The highest BCUT2D eigenvalue weighted by Crippen LogP contribution is 2.39. The summed E-state index contributed by atoms with van der Waals surface area (Å²) in [5.74, 6) is 1.42. The number of anilines is 1. The number of ether oxygens (including phenoxy) is 4. The van der Waals surface area contributed by atoms with Crippen LogP contribution in [-0.4, -0.2) is 57.8 Å². The third kappa shape index (κ3) is 5.50. The summed E-state index contributed by atoms with van der Waals surface area (Å²) in [6.07, 6.45) is 0.865. The summed E-state index contributed by atoms with van der Waals surface area (Å²) in [6.45, 7) is 2.84. The lowest BCUT2D eigenvalue weighted by atomic mass is 9.90. The SMILES string of the molecule is CCOC(=O)C[C@@H]1c2cc(OC)c(OC)cc2CCN1CC(=O)Nc1cccc(OC)c1. The lowest BCUT2D eigenvalue weighted by Crippen LogP contribution is -2.41. The van der Waals surface area contributed by atoms with Crippen LogP contribution >= 0.6 is 0 Å². The van der Waals surface area contributed by atoms with Gasteiger partial charge in [0.15, 0.2) is 11.5 Å². The van der Waals surface area contributed by atoms with Crippen molar-refractivity contribution in [2.24, 2.45) is 0 Å². The molecule has 1 aliphatic heterocycles. The van der Waals surface area contributed by atoms with Gasteiger partial charge >= 0.3 is 5.97 Å². The smallest absolute Gasteiger partial charge is 0.307 e. The zero-order valence-corrected chi connectivity index (χ0v) is 19.0. The van der Waals surface area contributed by atoms with Crippen LogP contribution in [0.2, 0.25) is 0 Å². The van der Waals surface area contributed by atoms with Crippen LogP contribution in [0.25, 0.3) is 0 Å². The van der Waals surface area contributed by atoms with Gasteiger partial charge in [-0.05, 0) is 48.7 Å². The van der Waals surface area contributed by atoms with Crippen molar-refractivity contribution in [2.45, 2.75) is 25.8 Å². The Hall–Kier alpha value is -3.26. The van der Waals surface area contributed by atoms with Crippen LogP contribution in [0.4, 0.5) is 5.69 Å².